The van der Waals surface area contributed by atoms with Gasteiger partial charge in [-0.3, -0.25) is 0 Å². The number of fused-ring (bicyclic) bond motifs is 1. The second-order valence-electron chi connectivity index (χ2n) is 8.68. The molecule has 2 aliphatic carbocycles. The molecule has 1 heterocycles. The third-order valence-corrected chi connectivity index (χ3v) is 6.53. The van der Waals surface area contributed by atoms with Crippen LogP contribution in [0.1, 0.15) is 25.3 Å². The van der Waals surface area contributed by atoms with Crippen LogP contribution < -0.4 is 4.57 Å². The van der Waals surface area contributed by atoms with Gasteiger partial charge in [-0.05, 0) is 53.4 Å². The zero-order valence-corrected chi connectivity index (χ0v) is 19.5. The lowest BCUT2D eigenvalue weighted by atomic mass is 9.92. The normalized spacial score (nSPS) is 11.1. The van der Waals surface area contributed by atoms with E-state index in [-0.39, 0.29) is 0 Å². The van der Waals surface area contributed by atoms with E-state index in [1.165, 1.54) is 56.8 Å². The molecule has 5 rings (SSSR count). The molecule has 1 aromatic heterocycles. The molecular formula is C32H30N+. The van der Waals surface area contributed by atoms with Gasteiger partial charge in [0.05, 0.1) is 0 Å². The van der Waals surface area contributed by atoms with Gasteiger partial charge in [0.15, 0.2) is 0 Å². The van der Waals surface area contributed by atoms with Crippen molar-refractivity contribution in [3.8, 4) is 44.8 Å². The van der Waals surface area contributed by atoms with Crippen LogP contribution in [0.3, 0.4) is 0 Å². The average molecular weight is 429 g/mol. The first kappa shape index (κ1) is 21.2. The van der Waals surface area contributed by atoms with Crippen LogP contribution in [0, 0.1) is 6.92 Å². The van der Waals surface area contributed by atoms with E-state index in [1.54, 1.807) is 0 Å². The monoisotopic (exact) mass is 428 g/mol. The second kappa shape index (κ2) is 9.42. The maximum atomic E-state index is 2.54. The van der Waals surface area contributed by atoms with Crippen LogP contribution in [-0.4, -0.2) is 0 Å². The molecule has 1 nitrogen and oxygen atoms in total. The molecule has 2 aliphatic rings. The van der Waals surface area contributed by atoms with Gasteiger partial charge in [0.25, 0.3) is 0 Å². The number of rotatable bonds is 6. The first-order valence-electron chi connectivity index (χ1n) is 11.9. The summed E-state index contributed by atoms with van der Waals surface area (Å²) >= 11 is 0. The quantitative estimate of drug-likeness (QED) is 0.240. The zero-order valence-electron chi connectivity index (χ0n) is 19.5. The van der Waals surface area contributed by atoms with Crippen LogP contribution in [0.4, 0.5) is 0 Å². The van der Waals surface area contributed by atoms with E-state index in [0.717, 1.165) is 13.0 Å². The Kier molecular flexibility index (Phi) is 6.04. The highest BCUT2D eigenvalue weighted by atomic mass is 15.0. The average Bonchev–Trinajstić information content (AvgIpc) is 3.11. The van der Waals surface area contributed by atoms with Crippen LogP contribution >= 0.6 is 0 Å². The van der Waals surface area contributed by atoms with Crippen molar-refractivity contribution in [2.24, 2.45) is 0 Å². The van der Waals surface area contributed by atoms with E-state index in [4.69, 9.17) is 0 Å². The molecule has 162 valence electrons. The fourth-order valence-electron chi connectivity index (χ4n) is 4.87. The maximum absolute atomic E-state index is 2.54. The molecule has 3 aromatic rings. The zero-order chi connectivity index (χ0) is 22.6. The predicted molar refractivity (Wildman–Crippen MR) is 139 cm³/mol. The molecular weight excluding hydrogens is 398 g/mol. The lowest BCUT2D eigenvalue weighted by molar-refractivity contribution is -0.676. The molecule has 1 heteroatoms. The smallest absolute Gasteiger partial charge is 0.191 e. The van der Waals surface area contributed by atoms with Crippen LogP contribution in [0.5, 0.6) is 0 Å². The van der Waals surface area contributed by atoms with Gasteiger partial charge in [-0.2, -0.15) is 4.57 Å². The summed E-state index contributed by atoms with van der Waals surface area (Å²) in [4.78, 5) is 0. The molecule has 33 heavy (non-hydrogen) atoms. The summed E-state index contributed by atoms with van der Waals surface area (Å²) in [7, 11) is 0. The molecule has 0 atom stereocenters. The lowest BCUT2D eigenvalue weighted by Gasteiger charge is -2.16. The summed E-state index contributed by atoms with van der Waals surface area (Å²) in [5.41, 5.74) is 11.6. The Morgan fingerprint density at radius 1 is 0.576 bits per heavy atom. The predicted octanol–water partition coefficient (Wildman–Crippen LogP) is 8.19. The SMILES string of the molecule is CCCC[n+]1c(-c2ccccc2)cc(-c2ccc3cccccc2-3)c(C)c1-c1ccccc1. The molecule has 0 aliphatic heterocycles. The van der Waals surface area contributed by atoms with Crippen LogP contribution in [-0.2, 0) is 6.54 Å². The molecule has 0 bridgehead atoms. The summed E-state index contributed by atoms with van der Waals surface area (Å²) in [6, 6.07) is 39.5. The highest BCUT2D eigenvalue weighted by molar-refractivity contribution is 5.90. The number of hydrogen-bond acceptors (Lipinski definition) is 0. The van der Waals surface area contributed by atoms with Crippen molar-refractivity contribution in [2.75, 3.05) is 0 Å². The van der Waals surface area contributed by atoms with Crippen molar-refractivity contribution in [2.45, 2.75) is 33.2 Å². The molecule has 0 N–H and O–H groups in total. The Morgan fingerprint density at radius 2 is 1.18 bits per heavy atom. The Morgan fingerprint density at radius 3 is 1.85 bits per heavy atom. The van der Waals surface area contributed by atoms with E-state index in [2.05, 4.69) is 128 Å². The number of benzene rings is 2. The van der Waals surface area contributed by atoms with Gasteiger partial charge in [0.1, 0.15) is 6.54 Å². The minimum atomic E-state index is 1.00. The van der Waals surface area contributed by atoms with Crippen molar-refractivity contribution < 1.29 is 4.57 Å². The second-order valence-corrected chi connectivity index (χ2v) is 8.68. The highest BCUT2D eigenvalue weighted by Gasteiger charge is 2.27. The van der Waals surface area contributed by atoms with E-state index in [1.807, 2.05) is 0 Å². The third-order valence-electron chi connectivity index (χ3n) is 6.53. The minimum Gasteiger partial charge on any atom is -0.191 e. The molecule has 0 saturated carbocycles. The highest BCUT2D eigenvalue weighted by Crippen LogP contribution is 2.40. The first-order valence-corrected chi connectivity index (χ1v) is 11.9. The number of pyridine rings is 1. The molecule has 2 aromatic carbocycles. The van der Waals surface area contributed by atoms with Gasteiger partial charge >= 0.3 is 0 Å². The van der Waals surface area contributed by atoms with Crippen LogP contribution in [0.2, 0.25) is 0 Å². The lowest BCUT2D eigenvalue weighted by Crippen LogP contribution is -2.40. The standard InChI is InChI=1S/C32H30N/c1-3-4-22-33-31(26-15-9-5-10-16-26)23-30(24(2)32(33)27-17-11-6-12-18-27)29-21-20-25-14-8-7-13-19-28(25)29/h5-21,23H,3-4,22H2,1-2H3/q+1. The van der Waals surface area contributed by atoms with Crippen molar-refractivity contribution in [1.82, 2.24) is 0 Å². The van der Waals surface area contributed by atoms with Crippen molar-refractivity contribution >= 4 is 0 Å². The van der Waals surface area contributed by atoms with Crippen LogP contribution in [0.15, 0.2) is 109 Å². The Bertz CT molecular complexity index is 1340. The topological polar surface area (TPSA) is 3.88 Å². The Hall–Kier alpha value is -3.71. The number of hydrogen-bond donors (Lipinski definition) is 0. The summed E-state index contributed by atoms with van der Waals surface area (Å²) in [5, 5.41) is 0. The summed E-state index contributed by atoms with van der Waals surface area (Å²) in [6.07, 6.45) is 2.32. The Labute approximate surface area is 197 Å². The number of aromatic nitrogens is 1. The summed E-state index contributed by atoms with van der Waals surface area (Å²) in [5.74, 6) is 0. The molecule has 0 unspecified atom stereocenters. The number of unbranched alkanes of at least 4 members (excludes halogenated alkanes) is 1. The first-order chi connectivity index (χ1) is 16.3. The molecule has 0 spiro atoms. The summed E-state index contributed by atoms with van der Waals surface area (Å²) in [6.45, 7) is 5.56. The third kappa shape index (κ3) is 4.07. The maximum Gasteiger partial charge on any atom is 0.216 e. The van der Waals surface area contributed by atoms with Gasteiger partial charge in [-0.15, -0.1) is 0 Å². The van der Waals surface area contributed by atoms with Gasteiger partial charge < -0.3 is 0 Å². The van der Waals surface area contributed by atoms with Gasteiger partial charge in [0.2, 0.25) is 11.4 Å². The minimum absolute atomic E-state index is 1.00. The van der Waals surface area contributed by atoms with Gasteiger partial charge in [-0.1, -0.05) is 92.2 Å². The van der Waals surface area contributed by atoms with E-state index in [0.29, 0.717) is 0 Å². The fraction of sp³-hybridized carbons (Fsp3) is 0.156. The fourth-order valence-corrected chi connectivity index (χ4v) is 4.87. The number of nitrogens with zero attached hydrogens (tertiary/aromatic N) is 1. The molecule has 0 fully saturated rings. The van der Waals surface area contributed by atoms with Crippen molar-refractivity contribution in [1.29, 1.82) is 0 Å². The van der Waals surface area contributed by atoms with Crippen molar-refractivity contribution in [3.63, 3.8) is 0 Å². The van der Waals surface area contributed by atoms with Crippen molar-refractivity contribution in [3.05, 3.63) is 115 Å². The van der Waals surface area contributed by atoms with E-state index in [9.17, 15) is 0 Å². The molecule has 0 saturated heterocycles. The summed E-state index contributed by atoms with van der Waals surface area (Å²) < 4.78 is 2.54. The largest absolute Gasteiger partial charge is 0.216 e. The van der Waals surface area contributed by atoms with Crippen LogP contribution in [0.25, 0.3) is 44.8 Å². The van der Waals surface area contributed by atoms with Gasteiger partial charge in [0, 0.05) is 29.2 Å². The Balaban J connectivity index is 1.84. The molecule has 0 radical (unpaired) electrons. The van der Waals surface area contributed by atoms with Gasteiger partial charge in [-0.25, -0.2) is 0 Å². The van der Waals surface area contributed by atoms with E-state index >= 15 is 0 Å². The van der Waals surface area contributed by atoms with E-state index < -0.39 is 0 Å². The molecule has 0 amide bonds.